The second-order valence-electron chi connectivity index (χ2n) is 6.43. The van der Waals surface area contributed by atoms with Crippen LogP contribution in [0.5, 0.6) is 0 Å². The lowest BCUT2D eigenvalue weighted by Crippen LogP contribution is -2.48. The van der Waals surface area contributed by atoms with Crippen molar-refractivity contribution in [1.29, 1.82) is 0 Å². The van der Waals surface area contributed by atoms with Crippen LogP contribution in [0.4, 0.5) is 0 Å². The Hall–Kier alpha value is -1.85. The lowest BCUT2D eigenvalue weighted by atomic mass is 10.1. The van der Waals surface area contributed by atoms with E-state index in [1.807, 2.05) is 11.8 Å². The van der Waals surface area contributed by atoms with Crippen LogP contribution >= 0.6 is 11.6 Å². The van der Waals surface area contributed by atoms with Crippen molar-refractivity contribution in [3.05, 3.63) is 51.8 Å². The minimum atomic E-state index is -0.0705. The highest BCUT2D eigenvalue weighted by molar-refractivity contribution is 6.34. The van der Waals surface area contributed by atoms with Gasteiger partial charge in [0.25, 0.3) is 5.91 Å². The summed E-state index contributed by atoms with van der Waals surface area (Å²) in [6.07, 6.45) is 0. The maximum Gasteiger partial charge on any atom is 0.276 e. The molecule has 0 radical (unpaired) electrons. The molecule has 0 saturated carbocycles. The molecule has 0 N–H and O–H groups in total. The van der Waals surface area contributed by atoms with Crippen LogP contribution in [-0.4, -0.2) is 51.7 Å². The summed E-state index contributed by atoms with van der Waals surface area (Å²) in [7, 11) is 1.80. The van der Waals surface area contributed by atoms with Crippen molar-refractivity contribution in [3.8, 4) is 0 Å². The topological polar surface area (TPSA) is 41.4 Å². The highest BCUT2D eigenvalue weighted by Gasteiger charge is 2.26. The normalized spacial score (nSPS) is 15.8. The van der Waals surface area contributed by atoms with Crippen LogP contribution < -0.4 is 0 Å². The molecule has 1 amide bonds. The number of benzene rings is 1. The number of halogens is 1. The summed E-state index contributed by atoms with van der Waals surface area (Å²) in [5, 5.41) is 4.72. The third kappa shape index (κ3) is 3.47. The van der Waals surface area contributed by atoms with Gasteiger partial charge in [0.2, 0.25) is 0 Å². The third-order valence-corrected chi connectivity index (χ3v) is 5.06. The van der Waals surface area contributed by atoms with E-state index in [0.29, 0.717) is 23.8 Å². The highest BCUT2D eigenvalue weighted by Crippen LogP contribution is 2.21. The predicted octanol–water partition coefficient (Wildman–Crippen LogP) is 2.65. The molecule has 5 nitrogen and oxygen atoms in total. The van der Waals surface area contributed by atoms with Crippen LogP contribution in [0, 0.1) is 13.8 Å². The molecule has 6 heteroatoms. The van der Waals surface area contributed by atoms with Gasteiger partial charge in [-0.05, 0) is 19.4 Å². The Bertz CT molecular complexity index is 747. The second kappa shape index (κ2) is 6.95. The fourth-order valence-electron chi connectivity index (χ4n) is 3.05. The fraction of sp³-hybridized carbons (Fsp3) is 0.444. The van der Waals surface area contributed by atoms with Gasteiger partial charge in [0.1, 0.15) is 0 Å². The number of hydrogen-bond acceptors (Lipinski definition) is 3. The Balaban J connectivity index is 1.60. The SMILES string of the molecule is Cc1cccc(CN2CCN(C(=O)c3nn(C)c(C)c3Cl)CC2)c1. The molecule has 0 spiro atoms. The number of rotatable bonds is 3. The number of hydrogen-bond donors (Lipinski definition) is 0. The molecule has 1 aliphatic rings. The lowest BCUT2D eigenvalue weighted by molar-refractivity contribution is 0.0622. The van der Waals surface area contributed by atoms with Crippen LogP contribution in [0.2, 0.25) is 5.02 Å². The number of carbonyl (C=O) groups is 1. The van der Waals surface area contributed by atoms with E-state index in [1.54, 1.807) is 11.7 Å². The van der Waals surface area contributed by atoms with Gasteiger partial charge in [0.15, 0.2) is 5.69 Å². The molecule has 0 aliphatic carbocycles. The van der Waals surface area contributed by atoms with E-state index in [0.717, 1.165) is 25.3 Å². The van der Waals surface area contributed by atoms with Crippen molar-refractivity contribution in [3.63, 3.8) is 0 Å². The molecule has 3 rings (SSSR count). The average molecular weight is 347 g/mol. The molecule has 0 unspecified atom stereocenters. The van der Waals surface area contributed by atoms with E-state index >= 15 is 0 Å². The van der Waals surface area contributed by atoms with Gasteiger partial charge in [-0.1, -0.05) is 41.4 Å². The quantitative estimate of drug-likeness (QED) is 0.858. The molecule has 1 aliphatic heterocycles. The first kappa shape index (κ1) is 17.0. The zero-order valence-electron chi connectivity index (χ0n) is 14.4. The van der Waals surface area contributed by atoms with Gasteiger partial charge in [0, 0.05) is 39.8 Å². The molecular formula is C18H23ClN4O. The summed E-state index contributed by atoms with van der Waals surface area (Å²) in [5.41, 5.74) is 3.78. The zero-order chi connectivity index (χ0) is 17.3. The Morgan fingerprint density at radius 1 is 1.21 bits per heavy atom. The van der Waals surface area contributed by atoms with Crippen molar-refractivity contribution in [2.45, 2.75) is 20.4 Å². The van der Waals surface area contributed by atoms with Crippen molar-refractivity contribution in [2.24, 2.45) is 7.05 Å². The molecule has 2 heterocycles. The van der Waals surface area contributed by atoms with E-state index in [2.05, 4.69) is 41.2 Å². The summed E-state index contributed by atoms with van der Waals surface area (Å²) in [6.45, 7) is 8.04. The maximum atomic E-state index is 12.6. The number of nitrogens with zero attached hydrogens (tertiary/aromatic N) is 4. The van der Waals surface area contributed by atoms with Gasteiger partial charge in [-0.25, -0.2) is 0 Å². The van der Waals surface area contributed by atoms with Crippen molar-refractivity contribution < 1.29 is 4.79 Å². The van der Waals surface area contributed by atoms with Gasteiger partial charge in [0.05, 0.1) is 10.7 Å². The third-order valence-electron chi connectivity index (χ3n) is 4.61. The van der Waals surface area contributed by atoms with Crippen LogP contribution in [0.3, 0.4) is 0 Å². The highest BCUT2D eigenvalue weighted by atomic mass is 35.5. The monoisotopic (exact) mass is 346 g/mol. The smallest absolute Gasteiger partial charge is 0.276 e. The van der Waals surface area contributed by atoms with E-state index in [1.165, 1.54) is 11.1 Å². The average Bonchev–Trinajstić information content (AvgIpc) is 2.82. The number of amides is 1. The van der Waals surface area contributed by atoms with E-state index in [9.17, 15) is 4.79 Å². The molecule has 128 valence electrons. The molecular weight excluding hydrogens is 324 g/mol. The fourth-order valence-corrected chi connectivity index (χ4v) is 3.29. The van der Waals surface area contributed by atoms with Gasteiger partial charge >= 0.3 is 0 Å². The number of aromatic nitrogens is 2. The van der Waals surface area contributed by atoms with E-state index in [4.69, 9.17) is 11.6 Å². The molecule has 0 atom stereocenters. The number of aryl methyl sites for hydroxylation is 2. The summed E-state index contributed by atoms with van der Waals surface area (Å²) >= 11 is 6.24. The first-order valence-electron chi connectivity index (χ1n) is 8.22. The van der Waals surface area contributed by atoms with Gasteiger partial charge in [-0.2, -0.15) is 5.10 Å². The van der Waals surface area contributed by atoms with Crippen LogP contribution in [-0.2, 0) is 13.6 Å². The second-order valence-corrected chi connectivity index (χ2v) is 6.81. The minimum Gasteiger partial charge on any atom is -0.335 e. The lowest BCUT2D eigenvalue weighted by Gasteiger charge is -2.34. The Labute approximate surface area is 147 Å². The Morgan fingerprint density at radius 3 is 2.50 bits per heavy atom. The van der Waals surface area contributed by atoms with E-state index in [-0.39, 0.29) is 5.91 Å². The molecule has 1 fully saturated rings. The molecule has 2 aromatic rings. The predicted molar refractivity (Wildman–Crippen MR) is 95.3 cm³/mol. The van der Waals surface area contributed by atoms with Crippen LogP contribution in [0.15, 0.2) is 24.3 Å². The molecule has 1 aromatic carbocycles. The molecule has 0 bridgehead atoms. The summed E-state index contributed by atoms with van der Waals surface area (Å²) < 4.78 is 1.66. The van der Waals surface area contributed by atoms with Gasteiger partial charge in [-0.3, -0.25) is 14.4 Å². The maximum absolute atomic E-state index is 12.6. The Kier molecular flexibility index (Phi) is 4.92. The first-order valence-corrected chi connectivity index (χ1v) is 8.60. The Morgan fingerprint density at radius 2 is 1.92 bits per heavy atom. The standard InChI is InChI=1S/C18H23ClN4O/c1-13-5-4-6-15(11-13)12-22-7-9-23(10-8-22)18(24)17-16(19)14(2)21(3)20-17/h4-6,11H,7-10,12H2,1-3H3. The first-order chi connectivity index (χ1) is 11.5. The van der Waals surface area contributed by atoms with E-state index < -0.39 is 0 Å². The number of carbonyl (C=O) groups excluding carboxylic acids is 1. The van der Waals surface area contributed by atoms with Crippen LogP contribution in [0.25, 0.3) is 0 Å². The summed E-state index contributed by atoms with van der Waals surface area (Å²) in [4.78, 5) is 16.9. The van der Waals surface area contributed by atoms with Gasteiger partial charge in [-0.15, -0.1) is 0 Å². The van der Waals surface area contributed by atoms with Crippen molar-refractivity contribution >= 4 is 17.5 Å². The van der Waals surface area contributed by atoms with Crippen molar-refractivity contribution in [1.82, 2.24) is 19.6 Å². The molecule has 1 aromatic heterocycles. The van der Waals surface area contributed by atoms with Gasteiger partial charge < -0.3 is 4.90 Å². The number of piperazine rings is 1. The largest absolute Gasteiger partial charge is 0.335 e. The zero-order valence-corrected chi connectivity index (χ0v) is 15.2. The minimum absolute atomic E-state index is 0.0705. The summed E-state index contributed by atoms with van der Waals surface area (Å²) in [6, 6.07) is 8.57. The molecule has 1 saturated heterocycles. The van der Waals surface area contributed by atoms with Crippen LogP contribution in [0.1, 0.15) is 27.3 Å². The molecule has 24 heavy (non-hydrogen) atoms. The summed E-state index contributed by atoms with van der Waals surface area (Å²) in [5.74, 6) is -0.0705. The van der Waals surface area contributed by atoms with Crippen molar-refractivity contribution in [2.75, 3.05) is 26.2 Å².